The molecular weight excluding hydrogens is 613 g/mol. The summed E-state index contributed by atoms with van der Waals surface area (Å²) in [4.78, 5) is 35.9. The summed E-state index contributed by atoms with van der Waals surface area (Å²) in [6, 6.07) is 5.46. The van der Waals surface area contributed by atoms with Crippen LogP contribution in [-0.4, -0.2) is 92.3 Å². The van der Waals surface area contributed by atoms with Crippen LogP contribution >= 0.6 is 7.75 Å². The SMILES string of the molecule is CCOC[C@@H](C=O)NP(=O)(OC[C@H]1O[C@@H](n2cnc3c(N)nc(N)nc32)[C@](C)(O)[C@H]1O)Oc1ccccc1CCC(=O)OCC. The first-order valence-electron chi connectivity index (χ1n) is 14.2. The zero-order valence-corrected chi connectivity index (χ0v) is 26.0. The fourth-order valence-corrected chi connectivity index (χ4v) is 6.22. The van der Waals surface area contributed by atoms with Gasteiger partial charge >= 0.3 is 13.7 Å². The number of rotatable bonds is 16. The van der Waals surface area contributed by atoms with Gasteiger partial charge in [0.15, 0.2) is 17.7 Å². The van der Waals surface area contributed by atoms with Crippen molar-refractivity contribution in [2.75, 3.05) is 37.9 Å². The van der Waals surface area contributed by atoms with Gasteiger partial charge in [0.2, 0.25) is 5.95 Å². The lowest BCUT2D eigenvalue weighted by Gasteiger charge is -2.27. The van der Waals surface area contributed by atoms with Crippen LogP contribution in [0.2, 0.25) is 0 Å². The first-order valence-corrected chi connectivity index (χ1v) is 15.8. The van der Waals surface area contributed by atoms with E-state index in [2.05, 4.69) is 20.0 Å². The van der Waals surface area contributed by atoms with Crippen molar-refractivity contribution in [2.45, 2.75) is 63.7 Å². The normalized spacial score (nSPS) is 23.4. The Morgan fingerprint density at radius 3 is 2.73 bits per heavy atom. The molecule has 0 amide bonds. The quantitative estimate of drug-likeness (QED) is 0.0820. The number of esters is 1. The molecule has 0 bridgehead atoms. The van der Waals surface area contributed by atoms with Crippen LogP contribution in [0.15, 0.2) is 30.6 Å². The lowest BCUT2D eigenvalue weighted by Crippen LogP contribution is -2.44. The number of nitrogens with two attached hydrogens (primary N) is 2. The lowest BCUT2D eigenvalue weighted by atomic mass is 9.96. The number of hydrogen-bond donors (Lipinski definition) is 5. The van der Waals surface area contributed by atoms with E-state index in [1.165, 1.54) is 23.9 Å². The largest absolute Gasteiger partial charge is 0.466 e. The Morgan fingerprint density at radius 2 is 2.02 bits per heavy atom. The maximum absolute atomic E-state index is 14.2. The van der Waals surface area contributed by atoms with Gasteiger partial charge in [-0.15, -0.1) is 0 Å². The van der Waals surface area contributed by atoms with Gasteiger partial charge in [-0.3, -0.25) is 13.9 Å². The number of fused-ring (bicyclic) bond motifs is 1. The number of anilines is 2. The zero-order valence-electron chi connectivity index (χ0n) is 25.1. The van der Waals surface area contributed by atoms with Crippen molar-refractivity contribution >= 4 is 42.9 Å². The van der Waals surface area contributed by atoms with Crippen molar-refractivity contribution in [3.05, 3.63) is 36.2 Å². The molecule has 1 aromatic carbocycles. The number of benzene rings is 1. The number of imidazole rings is 1. The molecule has 7 N–H and O–H groups in total. The summed E-state index contributed by atoms with van der Waals surface area (Å²) in [6.07, 6.45) is -2.03. The number of nitrogens with zero attached hydrogens (tertiary/aromatic N) is 4. The zero-order chi connectivity index (χ0) is 32.8. The number of nitrogen functional groups attached to an aromatic ring is 2. The standard InChI is InChI=1S/C27H38N7O10P/c1-4-40-13-17(12-35)33-45(39,44-18-9-7-6-8-16(18)10-11-20(36)41-5-2)42-14-19-22(37)27(3,38)25(43-19)34-15-30-21-23(28)31-26(29)32-24(21)34/h6-9,12,15,17,19,22,25,37-38H,4-5,10-11,13-14H2,1-3H3,(H,33,39)(H4,28,29,31,32)/t17-,19-,22+,25-,27-,45?/m1/s1. The number of ether oxygens (including phenoxy) is 3. The van der Waals surface area contributed by atoms with Gasteiger partial charge in [-0.2, -0.15) is 15.1 Å². The van der Waals surface area contributed by atoms with E-state index in [1.807, 2.05) is 0 Å². The van der Waals surface area contributed by atoms with E-state index in [1.54, 1.807) is 32.0 Å². The highest BCUT2D eigenvalue weighted by molar-refractivity contribution is 7.52. The predicted octanol–water partition coefficient (Wildman–Crippen LogP) is 0.893. The van der Waals surface area contributed by atoms with Crippen molar-refractivity contribution in [1.82, 2.24) is 24.6 Å². The molecule has 2 aromatic heterocycles. The fourth-order valence-electron chi connectivity index (χ4n) is 4.72. The molecule has 246 valence electrons. The van der Waals surface area contributed by atoms with E-state index in [0.717, 1.165) is 0 Å². The van der Waals surface area contributed by atoms with E-state index in [0.29, 0.717) is 18.5 Å². The molecule has 1 saturated heterocycles. The first-order chi connectivity index (χ1) is 21.4. The van der Waals surface area contributed by atoms with Gasteiger partial charge in [0.05, 0.1) is 32.2 Å². The molecule has 0 aliphatic carbocycles. The molecule has 0 saturated carbocycles. The van der Waals surface area contributed by atoms with Crippen molar-refractivity contribution in [3.8, 4) is 5.75 Å². The maximum atomic E-state index is 14.2. The van der Waals surface area contributed by atoms with Crippen LogP contribution in [0.25, 0.3) is 11.2 Å². The van der Waals surface area contributed by atoms with Gasteiger partial charge in [-0.1, -0.05) is 18.2 Å². The summed E-state index contributed by atoms with van der Waals surface area (Å²) in [5.74, 6) is -0.420. The molecule has 3 aromatic rings. The number of aldehydes is 1. The number of aliphatic hydroxyl groups is 2. The summed E-state index contributed by atoms with van der Waals surface area (Å²) in [5.41, 5.74) is 10.6. The third kappa shape index (κ3) is 7.94. The lowest BCUT2D eigenvalue weighted by molar-refractivity contribution is -0.143. The topological polar surface area (TPSA) is 245 Å². The third-order valence-corrected chi connectivity index (χ3v) is 8.54. The molecule has 0 spiro atoms. The van der Waals surface area contributed by atoms with Gasteiger partial charge in [0, 0.05) is 13.0 Å². The minimum absolute atomic E-state index is 0.0119. The number of aliphatic hydroxyl groups excluding tert-OH is 1. The van der Waals surface area contributed by atoms with E-state index in [9.17, 15) is 24.4 Å². The second-order valence-electron chi connectivity index (χ2n) is 10.3. The highest BCUT2D eigenvalue weighted by Gasteiger charge is 2.54. The van der Waals surface area contributed by atoms with E-state index < -0.39 is 50.4 Å². The van der Waals surface area contributed by atoms with Crippen molar-refractivity contribution in [1.29, 1.82) is 0 Å². The van der Waals surface area contributed by atoms with Crippen LogP contribution in [0.3, 0.4) is 0 Å². The van der Waals surface area contributed by atoms with E-state index in [4.69, 9.17) is 34.7 Å². The number of nitrogens with one attached hydrogen (secondary N) is 1. The average Bonchev–Trinajstić information content (AvgIpc) is 3.51. The van der Waals surface area contributed by atoms with Gasteiger partial charge in [-0.05, 0) is 38.8 Å². The number of carbonyl (C=O) groups excluding carboxylic acids is 2. The minimum atomic E-state index is -4.42. The molecule has 1 aliphatic rings. The summed E-state index contributed by atoms with van der Waals surface area (Å²) in [5, 5.41) is 24.9. The molecule has 17 nitrogen and oxygen atoms in total. The number of para-hydroxylation sites is 1. The molecular formula is C27H38N7O10P. The molecule has 1 unspecified atom stereocenters. The summed E-state index contributed by atoms with van der Waals surface area (Å²) >= 11 is 0. The molecule has 1 aliphatic heterocycles. The van der Waals surface area contributed by atoms with Gasteiger partial charge in [-0.25, -0.2) is 9.55 Å². The van der Waals surface area contributed by atoms with Gasteiger partial charge < -0.3 is 45.2 Å². The summed E-state index contributed by atoms with van der Waals surface area (Å²) < 4.78 is 43.4. The molecule has 45 heavy (non-hydrogen) atoms. The highest BCUT2D eigenvalue weighted by Crippen LogP contribution is 2.48. The van der Waals surface area contributed by atoms with Crippen LogP contribution in [0, 0.1) is 0 Å². The first kappa shape index (κ1) is 34.2. The molecule has 0 radical (unpaired) electrons. The average molecular weight is 652 g/mol. The summed E-state index contributed by atoms with van der Waals surface area (Å²) in [6.45, 7) is 4.58. The van der Waals surface area contributed by atoms with Crippen molar-refractivity contribution in [3.63, 3.8) is 0 Å². The van der Waals surface area contributed by atoms with Crippen LogP contribution in [0.5, 0.6) is 5.75 Å². The molecule has 4 rings (SSSR count). The van der Waals surface area contributed by atoms with Crippen LogP contribution in [0.1, 0.15) is 39.0 Å². The maximum Gasteiger partial charge on any atom is 0.459 e. The monoisotopic (exact) mass is 651 g/mol. The Labute approximate surface area is 258 Å². The van der Waals surface area contributed by atoms with Crippen LogP contribution < -0.4 is 21.1 Å². The van der Waals surface area contributed by atoms with Gasteiger partial charge in [0.1, 0.15) is 35.4 Å². The van der Waals surface area contributed by atoms with Crippen molar-refractivity contribution in [2.24, 2.45) is 0 Å². The second-order valence-corrected chi connectivity index (χ2v) is 12.0. The van der Waals surface area contributed by atoms with Gasteiger partial charge in [0.25, 0.3) is 0 Å². The molecule has 3 heterocycles. The number of hydrogen-bond acceptors (Lipinski definition) is 15. The Hall–Kier alpha value is -3.70. The number of aromatic nitrogens is 4. The Morgan fingerprint density at radius 1 is 1.27 bits per heavy atom. The van der Waals surface area contributed by atoms with E-state index >= 15 is 0 Å². The number of carbonyl (C=O) groups is 2. The highest BCUT2D eigenvalue weighted by atomic mass is 31.2. The minimum Gasteiger partial charge on any atom is -0.466 e. The summed E-state index contributed by atoms with van der Waals surface area (Å²) in [7, 11) is -4.42. The Kier molecular flexibility index (Phi) is 11.1. The fraction of sp³-hybridized carbons (Fsp3) is 0.519. The molecule has 1 fully saturated rings. The Bertz CT molecular complexity index is 1540. The Balaban J connectivity index is 1.57. The molecule has 18 heteroatoms. The van der Waals surface area contributed by atoms with Crippen molar-refractivity contribution < 1.29 is 47.6 Å². The second kappa shape index (κ2) is 14.6. The molecule has 6 atom stereocenters. The third-order valence-electron chi connectivity index (χ3n) is 6.97. The van der Waals surface area contributed by atoms with Crippen LogP contribution in [0.4, 0.5) is 11.8 Å². The predicted molar refractivity (Wildman–Crippen MR) is 160 cm³/mol. The smallest absolute Gasteiger partial charge is 0.459 e. The van der Waals surface area contributed by atoms with E-state index in [-0.39, 0.29) is 54.7 Å². The van der Waals surface area contributed by atoms with Crippen LogP contribution in [-0.2, 0) is 39.3 Å². The number of aryl methyl sites for hydroxylation is 1.